The molecule has 0 unspecified atom stereocenters. The topological polar surface area (TPSA) is 69.7 Å². The fourth-order valence-electron chi connectivity index (χ4n) is 3.89. The highest BCUT2D eigenvalue weighted by molar-refractivity contribution is 6.62. The van der Waals surface area contributed by atoms with Gasteiger partial charge in [0.05, 0.1) is 16.7 Å². The fourth-order valence-corrected chi connectivity index (χ4v) is 3.89. The second-order valence-electron chi connectivity index (χ2n) is 11.4. The molecule has 2 heterocycles. The van der Waals surface area contributed by atoms with Gasteiger partial charge < -0.3 is 19.4 Å². The van der Waals surface area contributed by atoms with Crippen molar-refractivity contribution in [1.82, 2.24) is 10.3 Å². The van der Waals surface area contributed by atoms with E-state index >= 15 is 0 Å². The van der Waals surface area contributed by atoms with E-state index in [0.29, 0.717) is 0 Å². The zero-order chi connectivity index (χ0) is 24.8. The van der Waals surface area contributed by atoms with E-state index in [1.54, 1.807) is 6.20 Å². The lowest BCUT2D eigenvalue weighted by Gasteiger charge is -2.32. The van der Waals surface area contributed by atoms with E-state index < -0.39 is 35.6 Å². The number of amides is 1. The quantitative estimate of drug-likeness (QED) is 0.653. The van der Waals surface area contributed by atoms with Gasteiger partial charge in [0.2, 0.25) is 0 Å². The van der Waals surface area contributed by atoms with Gasteiger partial charge in [-0.2, -0.15) is 0 Å². The highest BCUT2D eigenvalue weighted by Gasteiger charge is 2.51. The van der Waals surface area contributed by atoms with Crippen molar-refractivity contribution in [3.05, 3.63) is 47.8 Å². The highest BCUT2D eigenvalue weighted by atomic mass is 16.7. The first-order chi connectivity index (χ1) is 15.0. The summed E-state index contributed by atoms with van der Waals surface area (Å²) in [5.74, 6) is 0. The van der Waals surface area contributed by atoms with Gasteiger partial charge in [-0.15, -0.1) is 0 Å². The van der Waals surface area contributed by atoms with Gasteiger partial charge >= 0.3 is 13.2 Å². The Balaban J connectivity index is 1.83. The lowest BCUT2D eigenvalue weighted by Crippen LogP contribution is -2.44. The number of carbonyl (C=O) groups excluding carboxylic acids is 1. The summed E-state index contributed by atoms with van der Waals surface area (Å²) in [5.41, 5.74) is 3.05. The van der Waals surface area contributed by atoms with Crippen molar-refractivity contribution in [3.63, 3.8) is 0 Å². The number of nitrogens with one attached hydrogen (secondary N) is 1. The van der Waals surface area contributed by atoms with Gasteiger partial charge in [-0.3, -0.25) is 4.98 Å². The Labute approximate surface area is 198 Å². The van der Waals surface area contributed by atoms with Crippen LogP contribution in [0.2, 0.25) is 0 Å². The van der Waals surface area contributed by atoms with Crippen LogP contribution in [0.3, 0.4) is 0 Å². The normalized spacial score (nSPS) is 17.7. The second-order valence-corrected chi connectivity index (χ2v) is 11.4. The van der Waals surface area contributed by atoms with Crippen LogP contribution < -0.4 is 10.8 Å². The second kappa shape index (κ2) is 8.44. The van der Waals surface area contributed by atoms with Crippen LogP contribution in [0.4, 0.5) is 4.79 Å². The Morgan fingerprint density at radius 1 is 0.970 bits per heavy atom. The zero-order valence-electron chi connectivity index (χ0n) is 21.6. The average Bonchev–Trinajstić information content (AvgIpc) is 2.87. The molecule has 1 aliphatic rings. The molecule has 0 radical (unpaired) electrons. The highest BCUT2D eigenvalue weighted by Crippen LogP contribution is 2.36. The van der Waals surface area contributed by atoms with Gasteiger partial charge in [0.1, 0.15) is 5.60 Å². The van der Waals surface area contributed by atoms with E-state index in [2.05, 4.69) is 22.4 Å². The molecule has 1 fully saturated rings. The molecule has 33 heavy (non-hydrogen) atoms. The van der Waals surface area contributed by atoms with Crippen molar-refractivity contribution in [2.24, 2.45) is 0 Å². The minimum atomic E-state index is -0.590. The molecule has 0 saturated carbocycles. The molecular formula is C26H37BN2O4. The van der Waals surface area contributed by atoms with Gasteiger partial charge in [-0.1, -0.05) is 24.3 Å². The minimum absolute atomic E-state index is 0.404. The van der Waals surface area contributed by atoms with Gasteiger partial charge in [-0.05, 0) is 91.5 Å². The molecule has 0 atom stereocenters. The summed E-state index contributed by atoms with van der Waals surface area (Å²) in [6, 6.07) is 8.27. The Morgan fingerprint density at radius 2 is 1.58 bits per heavy atom. The van der Waals surface area contributed by atoms with Crippen LogP contribution >= 0.6 is 0 Å². The number of rotatable bonds is 4. The van der Waals surface area contributed by atoms with Crippen LogP contribution in [-0.4, -0.2) is 35.0 Å². The predicted molar refractivity (Wildman–Crippen MR) is 133 cm³/mol. The first kappa shape index (κ1) is 25.3. The van der Waals surface area contributed by atoms with E-state index in [9.17, 15) is 4.79 Å². The van der Waals surface area contributed by atoms with Crippen LogP contribution in [0, 0.1) is 6.92 Å². The number of hydrogen-bond donors (Lipinski definition) is 1. The molecule has 1 aliphatic heterocycles. The SMILES string of the molecule is Cc1cc(-c2cncc(B3OC(C)(C)C(C)(C)O3)c2)ccc1C(C)(C)NC(=O)OC(C)(C)C. The molecule has 7 heteroatoms. The van der Waals surface area contributed by atoms with E-state index in [0.717, 1.165) is 27.7 Å². The molecule has 1 aromatic heterocycles. The number of benzene rings is 1. The zero-order valence-corrected chi connectivity index (χ0v) is 21.6. The Bertz CT molecular complexity index is 1020. The van der Waals surface area contributed by atoms with Crippen LogP contribution in [0.5, 0.6) is 0 Å². The van der Waals surface area contributed by atoms with Crippen molar-refractivity contribution in [2.45, 2.75) is 91.6 Å². The lowest BCUT2D eigenvalue weighted by molar-refractivity contribution is 0.00578. The van der Waals surface area contributed by atoms with E-state index in [4.69, 9.17) is 14.0 Å². The van der Waals surface area contributed by atoms with Crippen LogP contribution in [-0.2, 0) is 19.6 Å². The molecule has 1 saturated heterocycles. The summed E-state index contributed by atoms with van der Waals surface area (Å²) in [5, 5.41) is 2.98. The van der Waals surface area contributed by atoms with Crippen molar-refractivity contribution >= 4 is 18.7 Å². The standard InChI is InChI=1S/C26H37BN2O4/c1-17-13-18(11-12-21(17)24(5,6)29-22(30)31-23(2,3)4)19-14-20(16-28-15-19)27-32-25(7,8)26(9,10)33-27/h11-16H,1-10H3,(H,29,30). The smallest absolute Gasteiger partial charge is 0.444 e. The van der Waals surface area contributed by atoms with Gasteiger partial charge in [-0.25, -0.2) is 4.79 Å². The van der Waals surface area contributed by atoms with Crippen molar-refractivity contribution in [2.75, 3.05) is 0 Å². The third kappa shape index (κ3) is 5.58. The summed E-state index contributed by atoms with van der Waals surface area (Å²) in [4.78, 5) is 16.8. The Kier molecular flexibility index (Phi) is 6.46. The minimum Gasteiger partial charge on any atom is -0.444 e. The average molecular weight is 452 g/mol. The maximum Gasteiger partial charge on any atom is 0.496 e. The number of hydrogen-bond acceptors (Lipinski definition) is 5. The van der Waals surface area contributed by atoms with E-state index in [1.807, 2.05) is 87.6 Å². The predicted octanol–water partition coefficient (Wildman–Crippen LogP) is 5.12. The van der Waals surface area contributed by atoms with Crippen molar-refractivity contribution < 1.29 is 18.8 Å². The monoisotopic (exact) mass is 452 g/mol. The summed E-state index contributed by atoms with van der Waals surface area (Å²) in [6.07, 6.45) is 3.20. The summed E-state index contributed by atoms with van der Waals surface area (Å²) in [6.45, 7) is 19.7. The molecule has 1 aromatic carbocycles. The van der Waals surface area contributed by atoms with Crippen molar-refractivity contribution in [1.29, 1.82) is 0 Å². The van der Waals surface area contributed by atoms with Crippen molar-refractivity contribution in [3.8, 4) is 11.1 Å². The van der Waals surface area contributed by atoms with Crippen LogP contribution in [0.15, 0.2) is 36.7 Å². The molecule has 3 rings (SSSR count). The van der Waals surface area contributed by atoms with E-state index in [-0.39, 0.29) is 0 Å². The van der Waals surface area contributed by atoms with Gasteiger partial charge in [0.25, 0.3) is 0 Å². The van der Waals surface area contributed by atoms with E-state index in [1.165, 1.54) is 0 Å². The van der Waals surface area contributed by atoms with Crippen LogP contribution in [0.1, 0.15) is 73.4 Å². The number of ether oxygens (including phenoxy) is 1. The molecule has 1 amide bonds. The third-order valence-corrected chi connectivity index (χ3v) is 6.33. The summed E-state index contributed by atoms with van der Waals surface area (Å²) < 4.78 is 17.8. The molecular weight excluding hydrogens is 415 g/mol. The maximum atomic E-state index is 12.3. The number of nitrogens with zero attached hydrogens (tertiary/aromatic N) is 1. The Hall–Kier alpha value is -2.38. The number of aromatic nitrogens is 1. The molecule has 2 aromatic rings. The number of alkyl carbamates (subject to hydrolysis) is 1. The maximum absolute atomic E-state index is 12.3. The van der Waals surface area contributed by atoms with Gasteiger partial charge in [0, 0.05) is 17.9 Å². The first-order valence-corrected chi connectivity index (χ1v) is 11.4. The molecule has 0 aliphatic carbocycles. The van der Waals surface area contributed by atoms with Crippen LogP contribution in [0.25, 0.3) is 11.1 Å². The molecule has 6 nitrogen and oxygen atoms in total. The summed E-state index contributed by atoms with van der Waals surface area (Å²) >= 11 is 0. The lowest BCUT2D eigenvalue weighted by atomic mass is 9.79. The number of carbonyl (C=O) groups is 1. The molecule has 0 bridgehead atoms. The number of pyridine rings is 1. The molecule has 178 valence electrons. The Morgan fingerprint density at radius 3 is 2.12 bits per heavy atom. The molecule has 1 N–H and O–H groups in total. The third-order valence-electron chi connectivity index (χ3n) is 6.33. The molecule has 0 spiro atoms. The fraction of sp³-hybridized carbons (Fsp3) is 0.538. The summed E-state index contributed by atoms with van der Waals surface area (Å²) in [7, 11) is -0.459. The largest absolute Gasteiger partial charge is 0.496 e. The van der Waals surface area contributed by atoms with Gasteiger partial charge in [0.15, 0.2) is 0 Å². The first-order valence-electron chi connectivity index (χ1n) is 11.4. The number of aryl methyl sites for hydroxylation is 1.